The van der Waals surface area contributed by atoms with Crippen LogP contribution >= 0.6 is 0 Å². The van der Waals surface area contributed by atoms with Crippen molar-refractivity contribution in [3.05, 3.63) is 0 Å². The average Bonchev–Trinajstić information content (AvgIpc) is 2.81. The molecule has 0 saturated carbocycles. The van der Waals surface area contributed by atoms with Gasteiger partial charge in [-0.25, -0.2) is 0 Å². The Labute approximate surface area is 103 Å². The average molecular weight is 241 g/mol. The SMILES string of the molecule is CCC(C)NC(CC(=O)N1CCCC1)C(N)=O. The summed E-state index contributed by atoms with van der Waals surface area (Å²) >= 11 is 0. The quantitative estimate of drug-likeness (QED) is 0.699. The lowest BCUT2D eigenvalue weighted by atomic mass is 10.1. The topological polar surface area (TPSA) is 75.4 Å². The van der Waals surface area contributed by atoms with Crippen LogP contribution in [0.25, 0.3) is 0 Å². The molecule has 5 heteroatoms. The molecule has 2 atom stereocenters. The molecule has 1 aliphatic heterocycles. The fraction of sp³-hybridized carbons (Fsp3) is 0.833. The van der Waals surface area contributed by atoms with Gasteiger partial charge in [0.05, 0.1) is 12.5 Å². The summed E-state index contributed by atoms with van der Waals surface area (Å²) in [6.45, 7) is 5.63. The second-order valence-corrected chi connectivity index (χ2v) is 4.72. The van der Waals surface area contributed by atoms with Gasteiger partial charge in [0.2, 0.25) is 11.8 Å². The van der Waals surface area contributed by atoms with E-state index in [1.807, 2.05) is 18.7 Å². The van der Waals surface area contributed by atoms with Crippen LogP contribution in [0.1, 0.15) is 39.5 Å². The molecule has 0 aromatic heterocycles. The number of carbonyl (C=O) groups excluding carboxylic acids is 2. The van der Waals surface area contributed by atoms with Gasteiger partial charge in [-0.1, -0.05) is 6.92 Å². The number of amides is 2. The molecule has 1 aliphatic rings. The van der Waals surface area contributed by atoms with E-state index < -0.39 is 11.9 Å². The Bertz CT molecular complexity index is 275. The lowest BCUT2D eigenvalue weighted by Crippen LogP contribution is -2.48. The number of nitrogens with one attached hydrogen (secondary N) is 1. The Kier molecular flexibility index (Phi) is 5.41. The van der Waals surface area contributed by atoms with E-state index in [-0.39, 0.29) is 18.4 Å². The predicted octanol–water partition coefficient (Wildman–Crippen LogP) is 0.241. The highest BCUT2D eigenvalue weighted by atomic mass is 16.2. The lowest BCUT2D eigenvalue weighted by molar-refractivity contribution is -0.133. The maximum atomic E-state index is 11.9. The fourth-order valence-electron chi connectivity index (χ4n) is 1.97. The molecular weight excluding hydrogens is 218 g/mol. The van der Waals surface area contributed by atoms with Gasteiger partial charge in [0.1, 0.15) is 0 Å². The van der Waals surface area contributed by atoms with Crippen molar-refractivity contribution in [2.75, 3.05) is 13.1 Å². The monoisotopic (exact) mass is 241 g/mol. The highest BCUT2D eigenvalue weighted by Gasteiger charge is 2.25. The molecule has 17 heavy (non-hydrogen) atoms. The van der Waals surface area contributed by atoms with Crippen LogP contribution in [0.15, 0.2) is 0 Å². The molecule has 2 amide bonds. The van der Waals surface area contributed by atoms with Crippen molar-refractivity contribution in [3.8, 4) is 0 Å². The zero-order valence-electron chi connectivity index (χ0n) is 10.7. The van der Waals surface area contributed by atoms with Crippen molar-refractivity contribution in [2.24, 2.45) is 5.73 Å². The third-order valence-corrected chi connectivity index (χ3v) is 3.28. The minimum atomic E-state index is -0.543. The van der Waals surface area contributed by atoms with Crippen LogP contribution in [0.2, 0.25) is 0 Å². The molecule has 0 spiro atoms. The second kappa shape index (κ2) is 6.59. The number of rotatable bonds is 6. The molecular formula is C12H23N3O2. The van der Waals surface area contributed by atoms with Crippen molar-refractivity contribution >= 4 is 11.8 Å². The number of likely N-dealkylation sites (tertiary alicyclic amines) is 1. The van der Waals surface area contributed by atoms with Crippen LogP contribution in [0.4, 0.5) is 0 Å². The molecule has 5 nitrogen and oxygen atoms in total. The van der Waals surface area contributed by atoms with Crippen molar-refractivity contribution in [3.63, 3.8) is 0 Å². The minimum absolute atomic E-state index is 0.0297. The minimum Gasteiger partial charge on any atom is -0.368 e. The summed E-state index contributed by atoms with van der Waals surface area (Å²) in [4.78, 5) is 25.0. The van der Waals surface area contributed by atoms with Gasteiger partial charge in [-0.2, -0.15) is 0 Å². The van der Waals surface area contributed by atoms with Crippen LogP contribution in [0.5, 0.6) is 0 Å². The molecule has 0 bridgehead atoms. The molecule has 0 aromatic rings. The highest BCUT2D eigenvalue weighted by Crippen LogP contribution is 2.10. The smallest absolute Gasteiger partial charge is 0.235 e. The van der Waals surface area contributed by atoms with Gasteiger partial charge in [0, 0.05) is 19.1 Å². The van der Waals surface area contributed by atoms with Crippen LogP contribution in [0.3, 0.4) is 0 Å². The number of nitrogens with zero attached hydrogens (tertiary/aromatic N) is 1. The van der Waals surface area contributed by atoms with E-state index in [0.717, 1.165) is 32.4 Å². The molecule has 1 heterocycles. The van der Waals surface area contributed by atoms with Gasteiger partial charge in [0.25, 0.3) is 0 Å². The third-order valence-electron chi connectivity index (χ3n) is 3.28. The van der Waals surface area contributed by atoms with Crippen molar-refractivity contribution in [1.82, 2.24) is 10.2 Å². The second-order valence-electron chi connectivity index (χ2n) is 4.72. The number of primary amides is 1. The van der Waals surface area contributed by atoms with E-state index >= 15 is 0 Å². The number of nitrogens with two attached hydrogens (primary N) is 1. The maximum Gasteiger partial charge on any atom is 0.235 e. The van der Waals surface area contributed by atoms with Gasteiger partial charge in [-0.15, -0.1) is 0 Å². The Balaban J connectivity index is 2.47. The Hall–Kier alpha value is -1.10. The number of hydrogen-bond donors (Lipinski definition) is 2. The first-order chi connectivity index (χ1) is 8.04. The first-order valence-electron chi connectivity index (χ1n) is 6.37. The van der Waals surface area contributed by atoms with Gasteiger partial charge < -0.3 is 16.0 Å². The van der Waals surface area contributed by atoms with Crippen molar-refractivity contribution in [2.45, 2.75) is 51.6 Å². The molecule has 1 rings (SSSR count). The zero-order chi connectivity index (χ0) is 12.8. The van der Waals surface area contributed by atoms with E-state index in [2.05, 4.69) is 5.32 Å². The summed E-state index contributed by atoms with van der Waals surface area (Å²) < 4.78 is 0. The Morgan fingerprint density at radius 1 is 1.35 bits per heavy atom. The molecule has 0 aromatic carbocycles. The Morgan fingerprint density at radius 2 is 1.94 bits per heavy atom. The molecule has 0 aliphatic carbocycles. The predicted molar refractivity (Wildman–Crippen MR) is 66.3 cm³/mol. The van der Waals surface area contributed by atoms with E-state index in [1.54, 1.807) is 0 Å². The first kappa shape index (κ1) is 14.0. The largest absolute Gasteiger partial charge is 0.368 e. The summed E-state index contributed by atoms with van der Waals surface area (Å²) in [6, 6.07) is -0.350. The highest BCUT2D eigenvalue weighted by molar-refractivity contribution is 5.87. The van der Waals surface area contributed by atoms with Gasteiger partial charge in [-0.05, 0) is 26.2 Å². The maximum absolute atomic E-state index is 11.9. The number of hydrogen-bond acceptors (Lipinski definition) is 3. The Morgan fingerprint density at radius 3 is 2.41 bits per heavy atom. The normalized spacial score (nSPS) is 19.1. The fourth-order valence-corrected chi connectivity index (χ4v) is 1.97. The number of carbonyl (C=O) groups is 2. The third kappa shape index (κ3) is 4.34. The van der Waals surface area contributed by atoms with E-state index in [0.29, 0.717) is 0 Å². The first-order valence-corrected chi connectivity index (χ1v) is 6.37. The van der Waals surface area contributed by atoms with Gasteiger partial charge in [0.15, 0.2) is 0 Å². The summed E-state index contributed by atoms with van der Waals surface area (Å²) in [7, 11) is 0. The molecule has 0 radical (unpaired) electrons. The van der Waals surface area contributed by atoms with E-state index in [4.69, 9.17) is 5.73 Å². The standard InChI is InChI=1S/C12H23N3O2/c1-3-9(2)14-10(12(13)17)8-11(16)15-6-4-5-7-15/h9-10,14H,3-8H2,1-2H3,(H2,13,17). The van der Waals surface area contributed by atoms with Crippen molar-refractivity contribution < 1.29 is 9.59 Å². The van der Waals surface area contributed by atoms with Crippen molar-refractivity contribution in [1.29, 1.82) is 0 Å². The van der Waals surface area contributed by atoms with Crippen LogP contribution in [-0.4, -0.2) is 41.9 Å². The van der Waals surface area contributed by atoms with Gasteiger partial charge in [-0.3, -0.25) is 9.59 Å². The van der Waals surface area contributed by atoms with Crippen LogP contribution in [0, 0.1) is 0 Å². The molecule has 1 saturated heterocycles. The zero-order valence-corrected chi connectivity index (χ0v) is 10.7. The molecule has 98 valence electrons. The summed E-state index contributed by atoms with van der Waals surface area (Å²) in [5.41, 5.74) is 5.31. The summed E-state index contributed by atoms with van der Waals surface area (Å²) in [5, 5.41) is 3.10. The summed E-state index contributed by atoms with van der Waals surface area (Å²) in [6.07, 6.45) is 3.21. The van der Waals surface area contributed by atoms with E-state index in [9.17, 15) is 9.59 Å². The molecule has 2 unspecified atom stereocenters. The van der Waals surface area contributed by atoms with Crippen LogP contribution < -0.4 is 11.1 Å². The lowest BCUT2D eigenvalue weighted by Gasteiger charge is -2.22. The molecule has 3 N–H and O–H groups in total. The summed E-state index contributed by atoms with van der Waals surface area (Å²) in [5.74, 6) is -0.417. The van der Waals surface area contributed by atoms with E-state index in [1.165, 1.54) is 0 Å². The van der Waals surface area contributed by atoms with Gasteiger partial charge >= 0.3 is 0 Å². The molecule has 1 fully saturated rings. The van der Waals surface area contributed by atoms with Crippen LogP contribution in [-0.2, 0) is 9.59 Å².